The van der Waals surface area contributed by atoms with E-state index in [-0.39, 0.29) is 48.0 Å². The van der Waals surface area contributed by atoms with E-state index in [1.54, 1.807) is 12.1 Å². The number of benzene rings is 1. The van der Waals surface area contributed by atoms with Gasteiger partial charge in [0.15, 0.2) is 0 Å². The van der Waals surface area contributed by atoms with Crippen LogP contribution in [0.2, 0.25) is 0 Å². The van der Waals surface area contributed by atoms with Gasteiger partial charge in [-0.05, 0) is 37.0 Å². The summed E-state index contributed by atoms with van der Waals surface area (Å²) in [6, 6.07) is 7.10. The fourth-order valence-electron chi connectivity index (χ4n) is 2.71. The fourth-order valence-corrected chi connectivity index (χ4v) is 2.71. The largest absolute Gasteiger partial charge is 0.350 e. The van der Waals surface area contributed by atoms with Gasteiger partial charge in [-0.2, -0.15) is 0 Å². The third-order valence-corrected chi connectivity index (χ3v) is 4.77. The highest BCUT2D eigenvalue weighted by molar-refractivity contribution is 6.03. The molecule has 0 spiro atoms. The van der Waals surface area contributed by atoms with Crippen LogP contribution in [-0.4, -0.2) is 29.8 Å². The second kappa shape index (κ2) is 8.97. The van der Waals surface area contributed by atoms with Gasteiger partial charge in [-0.3, -0.25) is 19.7 Å². The molecule has 1 aromatic rings. The first kappa shape index (κ1) is 21.1. The molecule has 0 saturated carbocycles. The van der Waals surface area contributed by atoms with E-state index in [4.69, 9.17) is 5.73 Å². The van der Waals surface area contributed by atoms with Crippen LogP contribution in [0.5, 0.6) is 0 Å². The Morgan fingerprint density at radius 2 is 1.84 bits per heavy atom. The summed E-state index contributed by atoms with van der Waals surface area (Å²) < 4.78 is 0. The van der Waals surface area contributed by atoms with Crippen LogP contribution < -0.4 is 16.4 Å². The highest BCUT2D eigenvalue weighted by Gasteiger charge is 2.30. The zero-order chi connectivity index (χ0) is 17.7. The Balaban J connectivity index is 0.00000312. The quantitative estimate of drug-likeness (QED) is 0.636. The topological polar surface area (TPSA) is 101 Å². The monoisotopic (exact) mass is 367 g/mol. The van der Waals surface area contributed by atoms with E-state index in [0.29, 0.717) is 18.5 Å². The predicted molar refractivity (Wildman–Crippen MR) is 98.5 cm³/mol. The molecule has 0 bridgehead atoms. The highest BCUT2D eigenvalue weighted by Crippen LogP contribution is 2.18. The number of rotatable bonds is 7. The molecule has 1 heterocycles. The molecule has 138 valence electrons. The Morgan fingerprint density at radius 1 is 1.24 bits per heavy atom. The second-order valence-corrected chi connectivity index (χ2v) is 6.47. The van der Waals surface area contributed by atoms with E-state index < -0.39 is 0 Å². The molecule has 2 rings (SSSR count). The van der Waals surface area contributed by atoms with Gasteiger partial charge in [0.05, 0.1) is 5.92 Å². The van der Waals surface area contributed by atoms with Gasteiger partial charge in [-0.15, -0.1) is 12.4 Å². The molecule has 1 saturated heterocycles. The van der Waals surface area contributed by atoms with Crippen LogP contribution in [0.15, 0.2) is 24.3 Å². The average molecular weight is 368 g/mol. The number of carbonyl (C=O) groups is 3. The molecule has 6 nitrogen and oxygen atoms in total. The number of hydrogen-bond acceptors (Lipinski definition) is 4. The Morgan fingerprint density at radius 3 is 2.32 bits per heavy atom. The number of halogens is 1. The van der Waals surface area contributed by atoms with Crippen LogP contribution in [0.25, 0.3) is 0 Å². The molecule has 3 amide bonds. The fraction of sp³-hybridized carbons (Fsp3) is 0.500. The summed E-state index contributed by atoms with van der Waals surface area (Å²) in [5.41, 5.74) is 7.29. The molecule has 1 fully saturated rings. The van der Waals surface area contributed by atoms with Crippen LogP contribution in [0.1, 0.15) is 49.0 Å². The zero-order valence-electron chi connectivity index (χ0n) is 14.6. The maximum absolute atomic E-state index is 12.2. The summed E-state index contributed by atoms with van der Waals surface area (Å²) in [6.07, 6.45) is 2.32. The lowest BCUT2D eigenvalue weighted by Crippen LogP contribution is -2.49. The van der Waals surface area contributed by atoms with Crippen molar-refractivity contribution in [2.45, 2.75) is 45.1 Å². The molecule has 1 aromatic carbocycles. The number of carbonyl (C=O) groups excluding carboxylic acids is 3. The van der Waals surface area contributed by atoms with Crippen LogP contribution in [-0.2, 0) is 16.0 Å². The Labute approximate surface area is 154 Å². The lowest BCUT2D eigenvalue weighted by atomic mass is 9.94. The summed E-state index contributed by atoms with van der Waals surface area (Å²) in [4.78, 5) is 35.0. The van der Waals surface area contributed by atoms with Crippen LogP contribution in [0.3, 0.4) is 0 Å². The molecular weight excluding hydrogens is 342 g/mol. The van der Waals surface area contributed by atoms with E-state index >= 15 is 0 Å². The molecule has 7 heteroatoms. The van der Waals surface area contributed by atoms with Crippen LogP contribution in [0, 0.1) is 5.92 Å². The molecule has 4 N–H and O–H groups in total. The van der Waals surface area contributed by atoms with E-state index in [9.17, 15) is 14.4 Å². The number of amides is 3. The number of imide groups is 1. The molecular formula is C18H26ClN3O3. The summed E-state index contributed by atoms with van der Waals surface area (Å²) in [7, 11) is 0. The van der Waals surface area contributed by atoms with Crippen LogP contribution >= 0.6 is 12.4 Å². The number of nitrogens with one attached hydrogen (secondary N) is 2. The minimum atomic E-state index is -0.377. The van der Waals surface area contributed by atoms with Crippen molar-refractivity contribution in [1.29, 1.82) is 0 Å². The second-order valence-electron chi connectivity index (χ2n) is 6.47. The van der Waals surface area contributed by atoms with Gasteiger partial charge in [-0.25, -0.2) is 0 Å². The average Bonchev–Trinajstić information content (AvgIpc) is 2.90. The first-order valence-electron chi connectivity index (χ1n) is 8.36. The van der Waals surface area contributed by atoms with Gasteiger partial charge in [-0.1, -0.05) is 26.0 Å². The minimum absolute atomic E-state index is 0. The Bertz CT molecular complexity index is 627. The molecule has 1 unspecified atom stereocenters. The maximum Gasteiger partial charge on any atom is 0.251 e. The molecule has 0 aliphatic carbocycles. The number of nitrogens with two attached hydrogens (primary N) is 1. The van der Waals surface area contributed by atoms with Crippen molar-refractivity contribution in [3.63, 3.8) is 0 Å². The summed E-state index contributed by atoms with van der Waals surface area (Å²) in [6.45, 7) is 4.45. The van der Waals surface area contributed by atoms with Gasteiger partial charge < -0.3 is 11.1 Å². The van der Waals surface area contributed by atoms with Gasteiger partial charge in [0.2, 0.25) is 11.8 Å². The smallest absolute Gasteiger partial charge is 0.251 e. The summed E-state index contributed by atoms with van der Waals surface area (Å²) >= 11 is 0. The minimum Gasteiger partial charge on any atom is -0.350 e. The third kappa shape index (κ3) is 5.54. The Hall–Kier alpha value is -1.92. The van der Waals surface area contributed by atoms with Crippen molar-refractivity contribution < 1.29 is 14.4 Å². The van der Waals surface area contributed by atoms with Gasteiger partial charge in [0.1, 0.15) is 0 Å². The van der Waals surface area contributed by atoms with E-state index in [2.05, 4.69) is 10.6 Å². The zero-order valence-corrected chi connectivity index (χ0v) is 15.4. The summed E-state index contributed by atoms with van der Waals surface area (Å²) in [5, 5.41) is 5.18. The van der Waals surface area contributed by atoms with Crippen LogP contribution in [0.4, 0.5) is 0 Å². The lowest BCUT2D eigenvalue weighted by molar-refractivity contribution is -0.125. The number of hydrogen-bond donors (Lipinski definition) is 3. The van der Waals surface area contributed by atoms with Crippen molar-refractivity contribution in [3.8, 4) is 0 Å². The third-order valence-electron chi connectivity index (χ3n) is 4.77. The highest BCUT2D eigenvalue weighted by atomic mass is 35.5. The normalized spacial score (nSPS) is 17.0. The van der Waals surface area contributed by atoms with Gasteiger partial charge in [0, 0.05) is 24.1 Å². The Kier molecular flexibility index (Phi) is 7.58. The first-order valence-corrected chi connectivity index (χ1v) is 8.36. The molecule has 0 aromatic heterocycles. The van der Waals surface area contributed by atoms with E-state index in [1.807, 2.05) is 26.0 Å². The predicted octanol–water partition coefficient (Wildman–Crippen LogP) is 1.56. The van der Waals surface area contributed by atoms with Crippen molar-refractivity contribution in [2.75, 3.05) is 6.54 Å². The first-order chi connectivity index (χ1) is 11.4. The lowest BCUT2D eigenvalue weighted by Gasteiger charge is -2.26. The van der Waals surface area contributed by atoms with Crippen molar-refractivity contribution in [3.05, 3.63) is 35.4 Å². The SMILES string of the molecule is CCC(N)(CC)CNC(=O)c1ccc(CC2CC(=O)NC2=O)cc1.Cl. The molecule has 1 aliphatic rings. The van der Waals surface area contributed by atoms with Gasteiger partial charge >= 0.3 is 0 Å². The molecule has 1 atom stereocenters. The molecule has 1 aliphatic heterocycles. The maximum atomic E-state index is 12.2. The van der Waals surface area contributed by atoms with E-state index in [1.165, 1.54) is 0 Å². The van der Waals surface area contributed by atoms with Gasteiger partial charge in [0.25, 0.3) is 5.91 Å². The van der Waals surface area contributed by atoms with Crippen molar-refractivity contribution >= 4 is 30.1 Å². The standard InChI is InChI=1S/C18H25N3O3.ClH/c1-3-18(19,4-2)11-20-16(23)13-7-5-12(6-8-13)9-14-10-15(22)21-17(14)24;/h5-8,14H,3-4,9-11,19H2,1-2H3,(H,20,23)(H,21,22,24);1H. The summed E-state index contributed by atoms with van der Waals surface area (Å²) in [5.74, 6) is -0.922. The molecule has 0 radical (unpaired) electrons. The van der Waals surface area contributed by atoms with Crippen molar-refractivity contribution in [2.24, 2.45) is 11.7 Å². The molecule has 25 heavy (non-hydrogen) atoms. The van der Waals surface area contributed by atoms with Crippen molar-refractivity contribution in [1.82, 2.24) is 10.6 Å². The van der Waals surface area contributed by atoms with E-state index in [0.717, 1.165) is 18.4 Å².